The van der Waals surface area contributed by atoms with E-state index in [2.05, 4.69) is 5.32 Å². The summed E-state index contributed by atoms with van der Waals surface area (Å²) >= 11 is 0. The third-order valence-electron chi connectivity index (χ3n) is 3.24. The molecule has 5 nitrogen and oxygen atoms in total. The zero-order valence-corrected chi connectivity index (χ0v) is 9.54. The van der Waals surface area contributed by atoms with Crippen molar-refractivity contribution in [3.05, 3.63) is 0 Å². The second-order valence-corrected chi connectivity index (χ2v) is 6.43. The summed E-state index contributed by atoms with van der Waals surface area (Å²) in [5.74, 6) is 0.638. The minimum absolute atomic E-state index is 0.0983. The highest BCUT2D eigenvalue weighted by atomic mass is 32.2. The van der Waals surface area contributed by atoms with Crippen molar-refractivity contribution in [2.24, 2.45) is 5.92 Å². The van der Waals surface area contributed by atoms with Crippen molar-refractivity contribution in [2.75, 3.05) is 32.0 Å². The Morgan fingerprint density at radius 1 is 1.40 bits per heavy atom. The molecule has 3 unspecified atom stereocenters. The average Bonchev–Trinajstić information content (AvgIpc) is 2.47. The molecule has 2 saturated heterocycles. The van der Waals surface area contributed by atoms with Gasteiger partial charge in [-0.2, -0.15) is 4.31 Å². The Morgan fingerprint density at radius 3 is 2.93 bits per heavy atom. The number of rotatable bonds is 1. The van der Waals surface area contributed by atoms with Gasteiger partial charge in [-0.1, -0.05) is 0 Å². The summed E-state index contributed by atoms with van der Waals surface area (Å²) in [6, 6.07) is -0.280. The van der Waals surface area contributed by atoms with Gasteiger partial charge in [-0.15, -0.1) is 0 Å². The van der Waals surface area contributed by atoms with Crippen LogP contribution in [0.2, 0.25) is 0 Å². The molecule has 0 spiro atoms. The molecule has 2 aliphatic heterocycles. The van der Waals surface area contributed by atoms with E-state index in [1.807, 2.05) is 0 Å². The molecule has 2 rings (SSSR count). The topological polar surface area (TPSA) is 69.6 Å². The van der Waals surface area contributed by atoms with Gasteiger partial charge in [0, 0.05) is 13.1 Å². The van der Waals surface area contributed by atoms with E-state index >= 15 is 0 Å². The number of aliphatic hydroxyl groups excluding tert-OH is 1. The molecule has 2 N–H and O–H groups in total. The number of sulfonamides is 1. The second-order valence-electron chi connectivity index (χ2n) is 4.39. The second kappa shape index (κ2) is 4.37. The molecule has 0 saturated carbocycles. The number of fused-ring (bicyclic) bond motifs is 2. The first-order valence-electron chi connectivity index (χ1n) is 5.44. The third kappa shape index (κ3) is 2.33. The lowest BCUT2D eigenvalue weighted by molar-refractivity contribution is 0.189. The molecule has 2 bridgehead atoms. The Labute approximate surface area is 90.5 Å². The van der Waals surface area contributed by atoms with Gasteiger partial charge in [0.25, 0.3) is 0 Å². The Bertz CT molecular complexity index is 317. The molecular weight excluding hydrogens is 216 g/mol. The largest absolute Gasteiger partial charge is 0.395 e. The maximum atomic E-state index is 11.9. The predicted octanol–water partition coefficient (Wildman–Crippen LogP) is -1.01. The Hall–Kier alpha value is -0.170. The summed E-state index contributed by atoms with van der Waals surface area (Å²) in [5, 5.41) is 12.4. The molecular formula is C9H18N2O3S. The van der Waals surface area contributed by atoms with Gasteiger partial charge in [0.1, 0.15) is 0 Å². The zero-order valence-electron chi connectivity index (χ0n) is 8.72. The highest BCUT2D eigenvalue weighted by molar-refractivity contribution is 7.89. The van der Waals surface area contributed by atoms with Gasteiger partial charge in [0.2, 0.25) is 10.0 Å². The van der Waals surface area contributed by atoms with Crippen LogP contribution < -0.4 is 5.32 Å². The van der Waals surface area contributed by atoms with Crippen LogP contribution in [0, 0.1) is 5.92 Å². The van der Waals surface area contributed by atoms with Crippen molar-refractivity contribution in [2.45, 2.75) is 18.9 Å². The van der Waals surface area contributed by atoms with Crippen LogP contribution in [0.5, 0.6) is 0 Å². The molecule has 0 aromatic heterocycles. The quantitative estimate of drug-likeness (QED) is 0.610. The van der Waals surface area contributed by atoms with Crippen molar-refractivity contribution < 1.29 is 13.5 Å². The maximum Gasteiger partial charge on any atom is 0.214 e. The van der Waals surface area contributed by atoms with Crippen molar-refractivity contribution in [3.8, 4) is 0 Å². The van der Waals surface area contributed by atoms with E-state index in [4.69, 9.17) is 0 Å². The lowest BCUT2D eigenvalue weighted by Gasteiger charge is -2.26. The molecule has 2 heterocycles. The molecule has 0 aromatic carbocycles. The van der Waals surface area contributed by atoms with Crippen molar-refractivity contribution >= 4 is 10.0 Å². The van der Waals surface area contributed by atoms with Crippen LogP contribution in [0.3, 0.4) is 0 Å². The van der Waals surface area contributed by atoms with Gasteiger partial charge in [-0.05, 0) is 25.3 Å². The number of hydrogen-bond acceptors (Lipinski definition) is 4. The SMILES string of the molecule is O=S1(=O)CCCC2CNCC(CO)N1C2. The normalized spacial score (nSPS) is 40.5. The summed E-state index contributed by atoms with van der Waals surface area (Å²) in [7, 11) is -3.14. The van der Waals surface area contributed by atoms with Crippen LogP contribution >= 0.6 is 0 Å². The fourth-order valence-corrected chi connectivity index (χ4v) is 4.18. The van der Waals surface area contributed by atoms with Crippen molar-refractivity contribution in [3.63, 3.8) is 0 Å². The maximum absolute atomic E-state index is 11.9. The highest BCUT2D eigenvalue weighted by Crippen LogP contribution is 2.22. The van der Waals surface area contributed by atoms with E-state index in [0.29, 0.717) is 19.0 Å². The summed E-state index contributed by atoms with van der Waals surface area (Å²) < 4.78 is 25.3. The predicted molar refractivity (Wildman–Crippen MR) is 57.0 cm³/mol. The third-order valence-corrected chi connectivity index (χ3v) is 5.21. The molecule has 0 radical (unpaired) electrons. The van der Waals surface area contributed by atoms with Crippen LogP contribution in [0.4, 0.5) is 0 Å². The van der Waals surface area contributed by atoms with Gasteiger partial charge in [0.05, 0.1) is 18.4 Å². The van der Waals surface area contributed by atoms with Gasteiger partial charge in [-0.25, -0.2) is 8.42 Å². The molecule has 0 aliphatic carbocycles. The molecule has 0 amide bonds. The Kier molecular flexibility index (Phi) is 3.30. The summed E-state index contributed by atoms with van der Waals surface area (Å²) in [6.07, 6.45) is 1.70. The van der Waals surface area contributed by atoms with E-state index in [-0.39, 0.29) is 18.4 Å². The summed E-state index contributed by atoms with van der Waals surface area (Å²) in [6.45, 7) is 1.90. The summed E-state index contributed by atoms with van der Waals surface area (Å²) in [5.41, 5.74) is 0. The van der Waals surface area contributed by atoms with E-state index in [0.717, 1.165) is 19.4 Å². The smallest absolute Gasteiger partial charge is 0.214 e. The molecule has 15 heavy (non-hydrogen) atoms. The van der Waals surface area contributed by atoms with Crippen LogP contribution in [0.25, 0.3) is 0 Å². The highest BCUT2D eigenvalue weighted by Gasteiger charge is 2.35. The van der Waals surface area contributed by atoms with E-state index < -0.39 is 10.0 Å². The van der Waals surface area contributed by atoms with Crippen LogP contribution in [-0.4, -0.2) is 55.9 Å². The Balaban J connectivity index is 2.27. The van der Waals surface area contributed by atoms with E-state index in [1.165, 1.54) is 4.31 Å². The Morgan fingerprint density at radius 2 is 2.20 bits per heavy atom. The molecule has 2 fully saturated rings. The number of hydrogen-bond donors (Lipinski definition) is 2. The number of aliphatic hydroxyl groups is 1. The van der Waals surface area contributed by atoms with Crippen LogP contribution in [-0.2, 0) is 10.0 Å². The first kappa shape index (κ1) is 11.3. The van der Waals surface area contributed by atoms with Crippen LogP contribution in [0.15, 0.2) is 0 Å². The zero-order chi connectivity index (χ0) is 10.9. The first-order valence-corrected chi connectivity index (χ1v) is 7.05. The van der Waals surface area contributed by atoms with E-state index in [1.54, 1.807) is 0 Å². The lowest BCUT2D eigenvalue weighted by atomic mass is 10.0. The molecule has 6 heteroatoms. The molecule has 88 valence electrons. The monoisotopic (exact) mass is 234 g/mol. The molecule has 3 atom stereocenters. The lowest BCUT2D eigenvalue weighted by Crippen LogP contribution is -2.46. The van der Waals surface area contributed by atoms with Gasteiger partial charge in [0.15, 0.2) is 0 Å². The van der Waals surface area contributed by atoms with Crippen LogP contribution in [0.1, 0.15) is 12.8 Å². The standard InChI is InChI=1S/C9H18N2O3S/c12-7-9-5-10-4-8-2-1-3-15(13,14)11(9)6-8/h8-10,12H,1-7H2. The van der Waals surface area contributed by atoms with Gasteiger partial charge >= 0.3 is 0 Å². The van der Waals surface area contributed by atoms with Crippen molar-refractivity contribution in [1.29, 1.82) is 0 Å². The van der Waals surface area contributed by atoms with Crippen molar-refractivity contribution in [1.82, 2.24) is 9.62 Å². The van der Waals surface area contributed by atoms with Gasteiger partial charge in [-0.3, -0.25) is 0 Å². The summed E-state index contributed by atoms with van der Waals surface area (Å²) in [4.78, 5) is 0. The number of nitrogens with one attached hydrogen (secondary N) is 1. The molecule has 0 aromatic rings. The average molecular weight is 234 g/mol. The fourth-order valence-electron chi connectivity index (χ4n) is 2.39. The molecule has 2 aliphatic rings. The fraction of sp³-hybridized carbons (Fsp3) is 1.00. The van der Waals surface area contributed by atoms with E-state index in [9.17, 15) is 13.5 Å². The first-order chi connectivity index (χ1) is 7.13. The number of nitrogens with zero attached hydrogens (tertiary/aromatic N) is 1. The van der Waals surface area contributed by atoms with Gasteiger partial charge < -0.3 is 10.4 Å². The minimum atomic E-state index is -3.14. The minimum Gasteiger partial charge on any atom is -0.395 e.